The fourth-order valence-electron chi connectivity index (χ4n) is 2.47. The number of hydrogen-bond acceptors (Lipinski definition) is 4. The highest BCUT2D eigenvalue weighted by Crippen LogP contribution is 2.34. The van der Waals surface area contributed by atoms with E-state index in [0.717, 1.165) is 12.8 Å². The van der Waals surface area contributed by atoms with Crippen LogP contribution in [0.15, 0.2) is 12.2 Å². The molecule has 3 atom stereocenters. The lowest BCUT2D eigenvalue weighted by atomic mass is 9.97. The number of carbonyl (C=O) groups excluding carboxylic acids is 2. The van der Waals surface area contributed by atoms with E-state index in [1.165, 1.54) is 19.3 Å². The molecule has 20 heavy (non-hydrogen) atoms. The minimum atomic E-state index is -0.709. The zero-order chi connectivity index (χ0) is 14.4. The molecule has 0 aromatic carbocycles. The molecular weight excluding hydrogens is 256 g/mol. The maximum Gasteiger partial charge on any atom is 0.348 e. The van der Waals surface area contributed by atoms with Crippen LogP contribution in [-0.2, 0) is 19.1 Å². The van der Waals surface area contributed by atoms with Gasteiger partial charge in [0.1, 0.15) is 6.10 Å². The van der Waals surface area contributed by atoms with Gasteiger partial charge in [0.15, 0.2) is 0 Å². The second kappa shape index (κ2) is 7.14. The van der Waals surface area contributed by atoms with Gasteiger partial charge in [-0.2, -0.15) is 0 Å². The molecule has 0 N–H and O–H groups in total. The molecule has 2 aliphatic rings. The molecule has 0 aromatic heterocycles. The largest absolute Gasteiger partial charge is 0.455 e. The maximum absolute atomic E-state index is 11.5. The van der Waals surface area contributed by atoms with Crippen molar-refractivity contribution in [1.82, 2.24) is 0 Å². The average molecular weight is 276 g/mol. The summed E-state index contributed by atoms with van der Waals surface area (Å²) in [6.07, 6.45) is 8.34. The van der Waals surface area contributed by atoms with Crippen molar-refractivity contribution < 1.29 is 19.1 Å². The highest BCUT2D eigenvalue weighted by Gasteiger charge is 2.51. The summed E-state index contributed by atoms with van der Waals surface area (Å²) in [6, 6.07) is 0. The Kier molecular flexibility index (Phi) is 5.23. The number of rotatable bonds is 5. The molecule has 0 bridgehead atoms. The van der Waals surface area contributed by atoms with Gasteiger partial charge < -0.3 is 9.47 Å². The Hall–Kier alpha value is -1.76. The molecule has 4 heteroatoms. The standard InChI is InChI=1S/C16H20O4/c1-2-3-4-5-6-7-8-9-10-13-12-11-14(17)20-15(12)16(18)19-13/h9-10,12-13,15H,2-6,11H2,1H3/b10-9+/t12-,13-,15-/m0/s1. The van der Waals surface area contributed by atoms with E-state index in [0.29, 0.717) is 0 Å². The van der Waals surface area contributed by atoms with E-state index >= 15 is 0 Å². The molecule has 2 heterocycles. The van der Waals surface area contributed by atoms with Crippen LogP contribution in [0.2, 0.25) is 0 Å². The SMILES string of the molecule is CCCCCCC#C/C=C/[C@@H]1OC(=O)[C@H]2OC(=O)C[C@@H]12. The number of esters is 2. The predicted molar refractivity (Wildman–Crippen MR) is 73.5 cm³/mol. The third-order valence-electron chi connectivity index (χ3n) is 3.58. The molecule has 0 unspecified atom stereocenters. The van der Waals surface area contributed by atoms with Crippen molar-refractivity contribution in [2.45, 2.75) is 57.7 Å². The molecule has 0 radical (unpaired) electrons. The van der Waals surface area contributed by atoms with E-state index < -0.39 is 12.1 Å². The first-order chi connectivity index (χ1) is 9.72. The molecule has 0 aromatic rings. The van der Waals surface area contributed by atoms with Crippen LogP contribution in [-0.4, -0.2) is 24.1 Å². The number of unbranched alkanes of at least 4 members (excludes halogenated alkanes) is 4. The molecule has 0 saturated carbocycles. The van der Waals surface area contributed by atoms with Crippen LogP contribution in [0, 0.1) is 17.8 Å². The second-order valence-electron chi connectivity index (χ2n) is 5.17. The maximum atomic E-state index is 11.5. The molecule has 2 rings (SSSR count). The Morgan fingerprint density at radius 3 is 2.90 bits per heavy atom. The van der Waals surface area contributed by atoms with Crippen LogP contribution in [0.5, 0.6) is 0 Å². The first-order valence-electron chi connectivity index (χ1n) is 7.27. The third-order valence-corrected chi connectivity index (χ3v) is 3.58. The van der Waals surface area contributed by atoms with Gasteiger partial charge >= 0.3 is 11.9 Å². The van der Waals surface area contributed by atoms with Crippen molar-refractivity contribution in [3.63, 3.8) is 0 Å². The van der Waals surface area contributed by atoms with Gasteiger partial charge in [0.05, 0.1) is 12.3 Å². The number of cyclic esters (lactones) is 1. The van der Waals surface area contributed by atoms with Gasteiger partial charge in [-0.15, -0.1) is 0 Å². The van der Waals surface area contributed by atoms with Gasteiger partial charge in [0, 0.05) is 6.42 Å². The first kappa shape index (κ1) is 14.6. The Morgan fingerprint density at radius 1 is 1.25 bits per heavy atom. The number of allylic oxidation sites excluding steroid dienone is 1. The lowest BCUT2D eigenvalue weighted by Crippen LogP contribution is -2.19. The third kappa shape index (κ3) is 3.63. The first-order valence-corrected chi connectivity index (χ1v) is 7.27. The van der Waals surface area contributed by atoms with Crippen molar-refractivity contribution in [2.24, 2.45) is 5.92 Å². The number of fused-ring (bicyclic) bond motifs is 1. The lowest BCUT2D eigenvalue weighted by Gasteiger charge is -2.06. The Balaban J connectivity index is 1.76. The summed E-state index contributed by atoms with van der Waals surface area (Å²) in [5.41, 5.74) is 0. The van der Waals surface area contributed by atoms with Gasteiger partial charge in [-0.3, -0.25) is 4.79 Å². The van der Waals surface area contributed by atoms with Crippen LogP contribution in [0.4, 0.5) is 0 Å². The van der Waals surface area contributed by atoms with Gasteiger partial charge in [-0.25, -0.2) is 4.79 Å². The molecule has 0 aliphatic carbocycles. The summed E-state index contributed by atoms with van der Waals surface area (Å²) in [7, 11) is 0. The molecule has 0 spiro atoms. The molecule has 2 aliphatic heterocycles. The van der Waals surface area contributed by atoms with Crippen molar-refractivity contribution >= 4 is 11.9 Å². The van der Waals surface area contributed by atoms with Crippen LogP contribution >= 0.6 is 0 Å². The average Bonchev–Trinajstić information content (AvgIpc) is 2.93. The number of hydrogen-bond donors (Lipinski definition) is 0. The smallest absolute Gasteiger partial charge is 0.348 e. The van der Waals surface area contributed by atoms with Gasteiger partial charge in [-0.1, -0.05) is 38.0 Å². The van der Waals surface area contributed by atoms with E-state index in [2.05, 4.69) is 18.8 Å². The quantitative estimate of drug-likeness (QED) is 0.439. The zero-order valence-corrected chi connectivity index (χ0v) is 11.8. The Bertz CT molecular complexity index is 455. The number of carbonyl (C=O) groups is 2. The molecule has 2 saturated heterocycles. The lowest BCUT2D eigenvalue weighted by molar-refractivity contribution is -0.157. The summed E-state index contributed by atoms with van der Waals surface area (Å²) >= 11 is 0. The van der Waals surface area contributed by atoms with Gasteiger partial charge in [-0.05, 0) is 18.6 Å². The van der Waals surface area contributed by atoms with Crippen LogP contribution in [0.1, 0.15) is 45.4 Å². The minimum absolute atomic E-state index is 0.183. The van der Waals surface area contributed by atoms with E-state index in [1.54, 1.807) is 12.2 Å². The highest BCUT2D eigenvalue weighted by atomic mass is 16.6. The Morgan fingerprint density at radius 2 is 2.10 bits per heavy atom. The van der Waals surface area contributed by atoms with Crippen molar-refractivity contribution in [2.75, 3.05) is 0 Å². The van der Waals surface area contributed by atoms with Crippen molar-refractivity contribution in [3.05, 3.63) is 12.2 Å². The van der Waals surface area contributed by atoms with E-state index in [1.807, 2.05) is 0 Å². The monoisotopic (exact) mass is 276 g/mol. The van der Waals surface area contributed by atoms with E-state index in [4.69, 9.17) is 9.47 Å². The van der Waals surface area contributed by atoms with Crippen LogP contribution in [0.25, 0.3) is 0 Å². The minimum Gasteiger partial charge on any atom is -0.455 e. The summed E-state index contributed by atoms with van der Waals surface area (Å²) in [5, 5.41) is 0. The highest BCUT2D eigenvalue weighted by molar-refractivity contribution is 5.86. The van der Waals surface area contributed by atoms with Crippen molar-refractivity contribution in [1.29, 1.82) is 0 Å². The second-order valence-corrected chi connectivity index (χ2v) is 5.17. The molecular formula is C16H20O4. The topological polar surface area (TPSA) is 52.6 Å². The fraction of sp³-hybridized carbons (Fsp3) is 0.625. The van der Waals surface area contributed by atoms with Crippen molar-refractivity contribution in [3.8, 4) is 11.8 Å². The molecule has 2 fully saturated rings. The van der Waals surface area contributed by atoms with E-state index in [-0.39, 0.29) is 24.4 Å². The molecule has 108 valence electrons. The number of ether oxygens (including phenoxy) is 2. The van der Waals surface area contributed by atoms with E-state index in [9.17, 15) is 9.59 Å². The summed E-state index contributed by atoms with van der Waals surface area (Å²) in [5.74, 6) is 5.07. The normalized spacial score (nSPS) is 27.9. The Labute approximate surface area is 119 Å². The fourth-order valence-corrected chi connectivity index (χ4v) is 2.47. The summed E-state index contributed by atoms with van der Waals surface area (Å²) in [6.45, 7) is 2.18. The zero-order valence-electron chi connectivity index (χ0n) is 11.8. The molecule has 0 amide bonds. The van der Waals surface area contributed by atoms with Gasteiger partial charge in [0.2, 0.25) is 6.10 Å². The predicted octanol–water partition coefficient (Wildman–Crippen LogP) is 2.37. The molecule has 4 nitrogen and oxygen atoms in total. The van der Waals surface area contributed by atoms with Crippen LogP contribution in [0.3, 0.4) is 0 Å². The van der Waals surface area contributed by atoms with Gasteiger partial charge in [0.25, 0.3) is 0 Å². The summed E-state index contributed by atoms with van der Waals surface area (Å²) < 4.78 is 10.1. The van der Waals surface area contributed by atoms with Crippen LogP contribution < -0.4 is 0 Å². The summed E-state index contributed by atoms with van der Waals surface area (Å²) in [4.78, 5) is 22.6.